The smallest absolute Gasteiger partial charge is 0.153 e. The van der Waals surface area contributed by atoms with Gasteiger partial charge in [0, 0.05) is 7.05 Å². The van der Waals surface area contributed by atoms with Crippen LogP contribution in [0.2, 0.25) is 0 Å². The van der Waals surface area contributed by atoms with Crippen LogP contribution in [0, 0.1) is 5.92 Å². The summed E-state index contributed by atoms with van der Waals surface area (Å²) < 4.78 is 0. The molecule has 0 aromatic heterocycles. The third-order valence-electron chi connectivity index (χ3n) is 3.31. The van der Waals surface area contributed by atoms with E-state index in [2.05, 4.69) is 9.98 Å². The molecule has 0 saturated heterocycles. The Morgan fingerprint density at radius 1 is 1.44 bits per heavy atom. The zero-order chi connectivity index (χ0) is 11.8. The molecule has 0 aromatic rings. The van der Waals surface area contributed by atoms with Crippen LogP contribution in [0.15, 0.2) is 9.98 Å². The number of rotatable bonds is 4. The van der Waals surface area contributed by atoms with Gasteiger partial charge >= 0.3 is 0 Å². The predicted octanol–water partition coefficient (Wildman–Crippen LogP) is 1.72. The van der Waals surface area contributed by atoms with Gasteiger partial charge in [-0.3, -0.25) is 4.99 Å². The molecule has 0 radical (unpaired) electrons. The van der Waals surface area contributed by atoms with Gasteiger partial charge in [0.15, 0.2) is 5.84 Å². The van der Waals surface area contributed by atoms with Crippen molar-refractivity contribution >= 4 is 12.2 Å². The Morgan fingerprint density at radius 2 is 2.12 bits per heavy atom. The van der Waals surface area contributed by atoms with Gasteiger partial charge in [0.25, 0.3) is 0 Å². The Morgan fingerprint density at radius 3 is 2.69 bits per heavy atom. The number of aliphatic hydroxyl groups is 1. The van der Waals surface area contributed by atoms with Crippen LogP contribution in [0.25, 0.3) is 0 Å². The number of hydrogen-bond donors (Lipinski definition) is 2. The molecule has 0 amide bonds. The van der Waals surface area contributed by atoms with E-state index in [4.69, 9.17) is 5.73 Å². The summed E-state index contributed by atoms with van der Waals surface area (Å²) in [7, 11) is 1.63. The molecule has 1 aliphatic rings. The van der Waals surface area contributed by atoms with Crippen molar-refractivity contribution in [1.29, 1.82) is 0 Å². The highest BCUT2D eigenvalue weighted by atomic mass is 16.3. The largest absolute Gasteiger partial charge is 0.390 e. The molecule has 4 nitrogen and oxygen atoms in total. The summed E-state index contributed by atoms with van der Waals surface area (Å²) in [6, 6.07) is 0. The molecule has 0 aliphatic heterocycles. The maximum Gasteiger partial charge on any atom is 0.153 e. The zero-order valence-corrected chi connectivity index (χ0v) is 10.1. The van der Waals surface area contributed by atoms with Gasteiger partial charge in [0.1, 0.15) is 6.10 Å². The topological polar surface area (TPSA) is 71.0 Å². The summed E-state index contributed by atoms with van der Waals surface area (Å²) in [6.45, 7) is 0. The summed E-state index contributed by atoms with van der Waals surface area (Å²) in [5.41, 5.74) is 5.20. The van der Waals surface area contributed by atoms with E-state index in [0.717, 1.165) is 18.8 Å². The third kappa shape index (κ3) is 4.31. The Balaban J connectivity index is 2.30. The van der Waals surface area contributed by atoms with Crippen LogP contribution in [0.3, 0.4) is 0 Å². The number of nitrogens with two attached hydrogens (primary N) is 1. The predicted molar refractivity (Wildman–Crippen MR) is 67.9 cm³/mol. The summed E-state index contributed by atoms with van der Waals surface area (Å²) in [5, 5.41) is 9.87. The standard InChI is InChI=1S/C12H23N3O/c1-14-12(15-9-13)11(16)8-7-10-5-3-2-4-6-10/h9-11,16H,2-8H2,1H3,(H2,13,14,15). The molecule has 4 heteroatoms. The van der Waals surface area contributed by atoms with E-state index < -0.39 is 6.10 Å². The molecule has 1 rings (SSSR count). The van der Waals surface area contributed by atoms with Gasteiger partial charge in [0.2, 0.25) is 0 Å². The third-order valence-corrected chi connectivity index (χ3v) is 3.31. The van der Waals surface area contributed by atoms with Gasteiger partial charge in [-0.05, 0) is 18.8 Å². The van der Waals surface area contributed by atoms with E-state index in [1.165, 1.54) is 38.4 Å². The van der Waals surface area contributed by atoms with Gasteiger partial charge in [-0.25, -0.2) is 4.99 Å². The van der Waals surface area contributed by atoms with E-state index in [-0.39, 0.29) is 0 Å². The molecule has 1 aliphatic carbocycles. The maximum absolute atomic E-state index is 9.87. The fourth-order valence-electron chi connectivity index (χ4n) is 2.37. The average molecular weight is 225 g/mol. The summed E-state index contributed by atoms with van der Waals surface area (Å²) in [5.74, 6) is 1.22. The van der Waals surface area contributed by atoms with Gasteiger partial charge in [-0.1, -0.05) is 32.1 Å². The highest BCUT2D eigenvalue weighted by Gasteiger charge is 2.17. The molecular formula is C12H23N3O. The van der Waals surface area contributed by atoms with Crippen molar-refractivity contribution in [2.24, 2.45) is 21.6 Å². The first-order valence-corrected chi connectivity index (χ1v) is 6.17. The molecule has 0 aromatic carbocycles. The SMILES string of the molecule is CN=C(N=CN)C(O)CCC1CCCCC1. The molecule has 1 unspecified atom stereocenters. The summed E-state index contributed by atoms with van der Waals surface area (Å²) in [6.07, 6.45) is 9.12. The van der Waals surface area contributed by atoms with Crippen LogP contribution in [0.1, 0.15) is 44.9 Å². The number of aliphatic hydroxyl groups excluding tert-OH is 1. The van der Waals surface area contributed by atoms with Crippen LogP contribution in [0.4, 0.5) is 0 Å². The average Bonchev–Trinajstić information content (AvgIpc) is 2.34. The molecule has 0 spiro atoms. The van der Waals surface area contributed by atoms with E-state index in [1.54, 1.807) is 7.05 Å². The van der Waals surface area contributed by atoms with Crippen LogP contribution < -0.4 is 5.73 Å². The molecule has 0 heterocycles. The van der Waals surface area contributed by atoms with Crippen molar-refractivity contribution in [3.8, 4) is 0 Å². The van der Waals surface area contributed by atoms with Crippen LogP contribution >= 0.6 is 0 Å². The molecule has 1 fully saturated rings. The van der Waals surface area contributed by atoms with E-state index in [9.17, 15) is 5.11 Å². The van der Waals surface area contributed by atoms with Crippen molar-refractivity contribution in [3.63, 3.8) is 0 Å². The lowest BCUT2D eigenvalue weighted by Crippen LogP contribution is -2.21. The monoisotopic (exact) mass is 225 g/mol. The van der Waals surface area contributed by atoms with Crippen LogP contribution in [-0.2, 0) is 0 Å². The second-order valence-electron chi connectivity index (χ2n) is 4.46. The van der Waals surface area contributed by atoms with Crippen LogP contribution in [0.5, 0.6) is 0 Å². The lowest BCUT2D eigenvalue weighted by atomic mass is 9.85. The molecule has 16 heavy (non-hydrogen) atoms. The van der Waals surface area contributed by atoms with Gasteiger partial charge in [0.05, 0.1) is 6.34 Å². The Bertz CT molecular complexity index is 245. The Hall–Kier alpha value is -0.900. The van der Waals surface area contributed by atoms with Gasteiger partial charge in [-0.2, -0.15) is 0 Å². The van der Waals surface area contributed by atoms with Crippen molar-refractivity contribution in [1.82, 2.24) is 0 Å². The van der Waals surface area contributed by atoms with Crippen molar-refractivity contribution in [2.75, 3.05) is 7.05 Å². The summed E-state index contributed by atoms with van der Waals surface area (Å²) in [4.78, 5) is 7.79. The molecular weight excluding hydrogens is 202 g/mol. The molecule has 92 valence electrons. The number of amidine groups is 1. The molecule has 1 atom stereocenters. The summed E-state index contributed by atoms with van der Waals surface area (Å²) >= 11 is 0. The first kappa shape index (κ1) is 13.2. The normalized spacial score (nSPS) is 21.5. The lowest BCUT2D eigenvalue weighted by Gasteiger charge is -2.22. The van der Waals surface area contributed by atoms with Gasteiger partial charge in [-0.15, -0.1) is 0 Å². The second kappa shape index (κ2) is 7.39. The Labute approximate surface area is 97.7 Å². The van der Waals surface area contributed by atoms with E-state index >= 15 is 0 Å². The first-order chi connectivity index (χ1) is 7.77. The van der Waals surface area contributed by atoms with Crippen molar-refractivity contribution < 1.29 is 5.11 Å². The maximum atomic E-state index is 9.87. The minimum atomic E-state index is -0.563. The number of aliphatic imine (C=N–C) groups is 2. The molecule has 0 bridgehead atoms. The van der Waals surface area contributed by atoms with Crippen LogP contribution in [-0.4, -0.2) is 30.4 Å². The lowest BCUT2D eigenvalue weighted by molar-refractivity contribution is 0.206. The highest BCUT2D eigenvalue weighted by Crippen LogP contribution is 2.27. The van der Waals surface area contributed by atoms with E-state index in [0.29, 0.717) is 5.84 Å². The minimum absolute atomic E-state index is 0.443. The second-order valence-corrected chi connectivity index (χ2v) is 4.46. The number of hydrogen-bond acceptors (Lipinski definition) is 2. The quantitative estimate of drug-likeness (QED) is 0.565. The number of nitrogens with zero attached hydrogens (tertiary/aromatic N) is 2. The van der Waals surface area contributed by atoms with Crippen molar-refractivity contribution in [2.45, 2.75) is 51.0 Å². The minimum Gasteiger partial charge on any atom is -0.390 e. The first-order valence-electron chi connectivity index (χ1n) is 6.17. The molecule has 1 saturated carbocycles. The highest BCUT2D eigenvalue weighted by molar-refractivity contribution is 5.91. The Kier molecular flexibility index (Phi) is 6.08. The molecule has 3 N–H and O–H groups in total. The zero-order valence-electron chi connectivity index (χ0n) is 10.1. The fraction of sp³-hybridized carbons (Fsp3) is 0.833. The van der Waals surface area contributed by atoms with Gasteiger partial charge < -0.3 is 10.8 Å². The van der Waals surface area contributed by atoms with E-state index in [1.807, 2.05) is 0 Å². The van der Waals surface area contributed by atoms with Crippen molar-refractivity contribution in [3.05, 3.63) is 0 Å². The fourth-order valence-corrected chi connectivity index (χ4v) is 2.37.